The van der Waals surface area contributed by atoms with Gasteiger partial charge in [0, 0.05) is 17.3 Å². The fourth-order valence-corrected chi connectivity index (χ4v) is 1.72. The number of para-hydroxylation sites is 1. The standard InChI is InChI=1S/C12H13N3OS/c1-8-6-9(15-16-8)7-14-11-5-3-2-4-10(11)12(13)17/h2-6,14H,7H2,1H3,(H2,13,17). The van der Waals surface area contributed by atoms with E-state index >= 15 is 0 Å². The molecule has 0 spiro atoms. The molecule has 0 atom stereocenters. The maximum Gasteiger partial charge on any atom is 0.133 e. The van der Waals surface area contributed by atoms with Crippen LogP contribution in [0.3, 0.4) is 0 Å². The SMILES string of the molecule is Cc1cc(CNc2ccccc2C(N)=S)no1. The highest BCUT2D eigenvalue weighted by Crippen LogP contribution is 2.15. The van der Waals surface area contributed by atoms with E-state index in [1.54, 1.807) is 0 Å². The average molecular weight is 247 g/mol. The molecule has 0 aliphatic carbocycles. The van der Waals surface area contributed by atoms with Crippen molar-refractivity contribution in [2.75, 3.05) is 5.32 Å². The lowest BCUT2D eigenvalue weighted by Gasteiger charge is -2.09. The van der Waals surface area contributed by atoms with Crippen molar-refractivity contribution in [1.82, 2.24) is 5.16 Å². The summed E-state index contributed by atoms with van der Waals surface area (Å²) in [7, 11) is 0. The molecule has 0 unspecified atom stereocenters. The monoisotopic (exact) mass is 247 g/mol. The third-order valence-electron chi connectivity index (χ3n) is 2.33. The van der Waals surface area contributed by atoms with E-state index in [4.69, 9.17) is 22.5 Å². The summed E-state index contributed by atoms with van der Waals surface area (Å²) in [5.41, 5.74) is 8.23. The van der Waals surface area contributed by atoms with Gasteiger partial charge < -0.3 is 15.6 Å². The van der Waals surface area contributed by atoms with Gasteiger partial charge in [-0.15, -0.1) is 0 Å². The van der Waals surface area contributed by atoms with E-state index in [-0.39, 0.29) is 0 Å². The molecule has 0 saturated heterocycles. The molecule has 3 N–H and O–H groups in total. The van der Waals surface area contributed by atoms with Crippen LogP contribution in [0.25, 0.3) is 0 Å². The second kappa shape index (κ2) is 4.97. The van der Waals surface area contributed by atoms with Crippen LogP contribution in [0.5, 0.6) is 0 Å². The molecule has 0 aliphatic heterocycles. The Balaban J connectivity index is 2.11. The van der Waals surface area contributed by atoms with Gasteiger partial charge in [0.1, 0.15) is 16.4 Å². The topological polar surface area (TPSA) is 64.1 Å². The molecule has 1 aromatic carbocycles. The Bertz CT molecular complexity index is 536. The summed E-state index contributed by atoms with van der Waals surface area (Å²) in [6.45, 7) is 2.44. The maximum atomic E-state index is 5.64. The van der Waals surface area contributed by atoms with Crippen LogP contribution in [-0.4, -0.2) is 10.1 Å². The molecule has 0 aliphatic rings. The van der Waals surface area contributed by atoms with Crippen molar-refractivity contribution < 1.29 is 4.52 Å². The molecule has 4 nitrogen and oxygen atoms in total. The van der Waals surface area contributed by atoms with Crippen LogP contribution in [0.4, 0.5) is 5.69 Å². The van der Waals surface area contributed by atoms with Crippen molar-refractivity contribution >= 4 is 22.9 Å². The van der Waals surface area contributed by atoms with Crippen LogP contribution in [0.2, 0.25) is 0 Å². The van der Waals surface area contributed by atoms with Crippen LogP contribution >= 0.6 is 12.2 Å². The molecule has 2 rings (SSSR count). The number of nitrogens with one attached hydrogen (secondary N) is 1. The number of aromatic nitrogens is 1. The van der Waals surface area contributed by atoms with E-state index in [0.29, 0.717) is 11.5 Å². The lowest BCUT2D eigenvalue weighted by Crippen LogP contribution is -2.13. The molecule has 5 heteroatoms. The van der Waals surface area contributed by atoms with E-state index in [2.05, 4.69) is 10.5 Å². The number of hydrogen-bond acceptors (Lipinski definition) is 4. The number of benzene rings is 1. The van der Waals surface area contributed by atoms with Crippen LogP contribution in [0.1, 0.15) is 17.0 Å². The number of rotatable bonds is 4. The van der Waals surface area contributed by atoms with Gasteiger partial charge in [0.25, 0.3) is 0 Å². The molecule has 2 aromatic rings. The normalized spacial score (nSPS) is 10.2. The van der Waals surface area contributed by atoms with Crippen molar-refractivity contribution in [2.45, 2.75) is 13.5 Å². The largest absolute Gasteiger partial charge is 0.389 e. The summed E-state index contributed by atoms with van der Waals surface area (Å²) in [5.74, 6) is 0.796. The first-order chi connectivity index (χ1) is 8.16. The van der Waals surface area contributed by atoms with E-state index < -0.39 is 0 Å². The molecular weight excluding hydrogens is 234 g/mol. The zero-order valence-corrected chi connectivity index (χ0v) is 10.3. The van der Waals surface area contributed by atoms with Crippen LogP contribution in [-0.2, 0) is 6.54 Å². The molecule has 1 heterocycles. The minimum absolute atomic E-state index is 0.379. The number of thiocarbonyl (C=S) groups is 1. The number of nitrogens with zero attached hydrogens (tertiary/aromatic N) is 1. The second-order valence-electron chi connectivity index (χ2n) is 3.69. The lowest BCUT2D eigenvalue weighted by atomic mass is 10.2. The fraction of sp³-hybridized carbons (Fsp3) is 0.167. The first-order valence-corrected chi connectivity index (χ1v) is 5.62. The molecular formula is C12H13N3OS. The molecule has 0 radical (unpaired) electrons. The lowest BCUT2D eigenvalue weighted by molar-refractivity contribution is 0.391. The maximum absolute atomic E-state index is 5.64. The predicted molar refractivity (Wildman–Crippen MR) is 70.9 cm³/mol. The minimum Gasteiger partial charge on any atom is -0.389 e. The Morgan fingerprint density at radius 3 is 2.88 bits per heavy atom. The first-order valence-electron chi connectivity index (χ1n) is 5.21. The summed E-state index contributed by atoms with van der Waals surface area (Å²) < 4.78 is 4.99. The fourth-order valence-electron chi connectivity index (χ4n) is 1.54. The number of anilines is 1. The van der Waals surface area contributed by atoms with Gasteiger partial charge in [-0.3, -0.25) is 0 Å². The van der Waals surface area contributed by atoms with Gasteiger partial charge in [-0.1, -0.05) is 29.5 Å². The van der Waals surface area contributed by atoms with Crippen LogP contribution in [0, 0.1) is 6.92 Å². The zero-order valence-electron chi connectivity index (χ0n) is 9.43. The summed E-state index contributed by atoms with van der Waals surface area (Å²) in [5, 5.41) is 7.14. The first kappa shape index (κ1) is 11.6. The molecule has 17 heavy (non-hydrogen) atoms. The third-order valence-corrected chi connectivity index (χ3v) is 2.55. The van der Waals surface area contributed by atoms with E-state index in [1.807, 2.05) is 37.3 Å². The Kier molecular flexibility index (Phi) is 3.39. The minimum atomic E-state index is 0.379. The van der Waals surface area contributed by atoms with Gasteiger partial charge in [-0.05, 0) is 19.1 Å². The predicted octanol–water partition coefficient (Wildman–Crippen LogP) is 2.23. The van der Waals surface area contributed by atoms with Crippen LogP contribution in [0.15, 0.2) is 34.9 Å². The van der Waals surface area contributed by atoms with Crippen LogP contribution < -0.4 is 11.1 Å². The highest BCUT2D eigenvalue weighted by molar-refractivity contribution is 7.80. The van der Waals surface area contributed by atoms with Crippen molar-refractivity contribution in [3.8, 4) is 0 Å². The van der Waals surface area contributed by atoms with Gasteiger partial charge in [0.2, 0.25) is 0 Å². The van der Waals surface area contributed by atoms with Gasteiger partial charge >= 0.3 is 0 Å². The van der Waals surface area contributed by atoms with Gasteiger partial charge in [0.15, 0.2) is 0 Å². The summed E-state index contributed by atoms with van der Waals surface area (Å²) >= 11 is 4.99. The van der Waals surface area contributed by atoms with Crippen molar-refractivity contribution in [1.29, 1.82) is 0 Å². The number of nitrogens with two attached hydrogens (primary N) is 1. The summed E-state index contributed by atoms with van der Waals surface area (Å²) in [4.78, 5) is 0.379. The Morgan fingerprint density at radius 2 is 2.24 bits per heavy atom. The number of aryl methyl sites for hydroxylation is 1. The molecule has 0 amide bonds. The Morgan fingerprint density at radius 1 is 1.47 bits per heavy atom. The van der Waals surface area contributed by atoms with E-state index in [1.165, 1.54) is 0 Å². The van der Waals surface area contributed by atoms with Crippen molar-refractivity contribution in [3.63, 3.8) is 0 Å². The van der Waals surface area contributed by atoms with Gasteiger partial charge in [-0.25, -0.2) is 0 Å². The smallest absolute Gasteiger partial charge is 0.133 e. The zero-order chi connectivity index (χ0) is 12.3. The average Bonchev–Trinajstić information content (AvgIpc) is 2.73. The highest BCUT2D eigenvalue weighted by atomic mass is 32.1. The van der Waals surface area contributed by atoms with E-state index in [0.717, 1.165) is 22.7 Å². The van der Waals surface area contributed by atoms with E-state index in [9.17, 15) is 0 Å². The second-order valence-corrected chi connectivity index (χ2v) is 4.13. The Labute approximate surface area is 105 Å². The van der Waals surface area contributed by atoms with Gasteiger partial charge in [-0.2, -0.15) is 0 Å². The highest BCUT2D eigenvalue weighted by Gasteiger charge is 2.05. The molecule has 1 aromatic heterocycles. The number of hydrogen-bond donors (Lipinski definition) is 2. The molecule has 0 bridgehead atoms. The third kappa shape index (κ3) is 2.82. The quantitative estimate of drug-likeness (QED) is 0.811. The summed E-state index contributed by atoms with van der Waals surface area (Å²) in [6.07, 6.45) is 0. The van der Waals surface area contributed by atoms with Crippen molar-refractivity contribution in [3.05, 3.63) is 47.3 Å². The summed E-state index contributed by atoms with van der Waals surface area (Å²) in [6, 6.07) is 9.54. The molecule has 0 fully saturated rings. The van der Waals surface area contributed by atoms with Gasteiger partial charge in [0.05, 0.1) is 6.54 Å². The molecule has 88 valence electrons. The molecule has 0 saturated carbocycles. The Hall–Kier alpha value is -1.88. The van der Waals surface area contributed by atoms with Crippen molar-refractivity contribution in [2.24, 2.45) is 5.73 Å².